The summed E-state index contributed by atoms with van der Waals surface area (Å²) in [5.41, 5.74) is 0.174. The predicted molar refractivity (Wildman–Crippen MR) is 126 cm³/mol. The van der Waals surface area contributed by atoms with Crippen molar-refractivity contribution < 1.29 is 14.6 Å². The van der Waals surface area contributed by atoms with Gasteiger partial charge in [0.2, 0.25) is 5.75 Å². The highest BCUT2D eigenvalue weighted by Gasteiger charge is 2.33. The van der Waals surface area contributed by atoms with Crippen molar-refractivity contribution in [1.82, 2.24) is 9.55 Å². The zero-order valence-corrected chi connectivity index (χ0v) is 19.5. The van der Waals surface area contributed by atoms with Crippen LogP contribution in [0, 0.1) is 0 Å². The number of aromatic hydroxyl groups is 1. The van der Waals surface area contributed by atoms with E-state index in [1.807, 2.05) is 45.9 Å². The van der Waals surface area contributed by atoms with Crippen LogP contribution in [-0.2, 0) is 22.0 Å². The molecule has 0 atom stereocenters. The van der Waals surface area contributed by atoms with Gasteiger partial charge in [0.15, 0.2) is 5.69 Å². The monoisotopic (exact) mass is 482 g/mol. The number of aromatic nitrogens is 2. The Morgan fingerprint density at radius 1 is 1.27 bits per heavy atom. The van der Waals surface area contributed by atoms with E-state index in [9.17, 15) is 14.7 Å². The Kier molecular flexibility index (Phi) is 12.3. The summed E-state index contributed by atoms with van der Waals surface area (Å²) < 4.78 is 6.26. The standard InChI is InChI=1S/C13H18N2O4.C7H7Br.C2H6.CH4/c1-4-19-11(18)8-9(16)10(17)15-7-5-6-13(2,3)12(15)14-8;8-6-7-4-2-1-3-5-7;1-2;/h16H,4-7H2,1-3H3;1-5H,6H2;1-2H3;1H4. The summed E-state index contributed by atoms with van der Waals surface area (Å²) >= 11 is 3.36. The van der Waals surface area contributed by atoms with Crippen molar-refractivity contribution in [1.29, 1.82) is 0 Å². The molecule has 0 amide bonds. The van der Waals surface area contributed by atoms with Crippen molar-refractivity contribution >= 4 is 21.9 Å². The van der Waals surface area contributed by atoms with E-state index in [1.165, 1.54) is 10.1 Å². The first kappa shape index (κ1) is 27.8. The minimum Gasteiger partial charge on any atom is -0.501 e. The molecule has 2 aromatic rings. The largest absolute Gasteiger partial charge is 0.501 e. The molecule has 7 heteroatoms. The molecule has 0 aliphatic carbocycles. The Morgan fingerprint density at radius 2 is 1.87 bits per heavy atom. The smallest absolute Gasteiger partial charge is 0.361 e. The van der Waals surface area contributed by atoms with E-state index in [1.54, 1.807) is 6.92 Å². The molecule has 1 aromatic heterocycles. The maximum atomic E-state index is 12.1. The summed E-state index contributed by atoms with van der Waals surface area (Å²) in [5, 5.41) is 10.8. The first-order valence-corrected chi connectivity index (χ1v) is 11.0. The van der Waals surface area contributed by atoms with Crippen LogP contribution >= 0.6 is 15.9 Å². The van der Waals surface area contributed by atoms with E-state index in [0.29, 0.717) is 12.4 Å². The molecule has 0 bridgehead atoms. The van der Waals surface area contributed by atoms with Crippen molar-refractivity contribution in [3.63, 3.8) is 0 Å². The lowest BCUT2D eigenvalue weighted by atomic mass is 9.84. The summed E-state index contributed by atoms with van der Waals surface area (Å²) in [6.07, 6.45) is 1.73. The normalized spacial score (nSPS) is 13.3. The predicted octanol–water partition coefficient (Wildman–Crippen LogP) is 5.44. The maximum absolute atomic E-state index is 12.1. The third kappa shape index (κ3) is 6.97. The molecule has 0 unspecified atom stereocenters. The summed E-state index contributed by atoms with van der Waals surface area (Å²) in [6.45, 7) is 10.3. The van der Waals surface area contributed by atoms with Crippen molar-refractivity contribution in [2.24, 2.45) is 0 Å². The lowest BCUT2D eigenvalue weighted by Crippen LogP contribution is -2.38. The number of hydrogen-bond acceptors (Lipinski definition) is 5. The molecule has 30 heavy (non-hydrogen) atoms. The van der Waals surface area contributed by atoms with Gasteiger partial charge in [0, 0.05) is 17.3 Å². The van der Waals surface area contributed by atoms with Gasteiger partial charge >= 0.3 is 5.97 Å². The number of ether oxygens (including phenoxy) is 1. The van der Waals surface area contributed by atoms with E-state index < -0.39 is 17.3 Å². The second kappa shape index (κ2) is 13.2. The highest BCUT2D eigenvalue weighted by atomic mass is 79.9. The van der Waals surface area contributed by atoms with E-state index in [4.69, 9.17) is 4.74 Å². The fraction of sp³-hybridized carbons (Fsp3) is 0.522. The summed E-state index contributed by atoms with van der Waals surface area (Å²) in [7, 11) is 0. The average molecular weight is 483 g/mol. The first-order chi connectivity index (χ1) is 13.8. The fourth-order valence-electron chi connectivity index (χ4n) is 2.97. The molecular formula is C23H35BrN2O4. The number of halogens is 1. The van der Waals surface area contributed by atoms with E-state index in [-0.39, 0.29) is 25.1 Å². The zero-order valence-electron chi connectivity index (χ0n) is 17.9. The molecule has 6 nitrogen and oxygen atoms in total. The van der Waals surface area contributed by atoms with Gasteiger partial charge in [-0.1, -0.05) is 81.4 Å². The van der Waals surface area contributed by atoms with Crippen LogP contribution in [0.25, 0.3) is 0 Å². The highest BCUT2D eigenvalue weighted by molar-refractivity contribution is 9.08. The molecule has 1 aliphatic rings. The van der Waals surface area contributed by atoms with E-state index in [0.717, 1.165) is 18.2 Å². The third-order valence-corrected chi connectivity index (χ3v) is 5.05. The van der Waals surface area contributed by atoms with Crippen molar-refractivity contribution in [2.45, 2.75) is 72.2 Å². The molecule has 2 heterocycles. The molecule has 0 fully saturated rings. The van der Waals surface area contributed by atoms with Gasteiger partial charge in [0.05, 0.1) is 6.61 Å². The molecule has 0 spiro atoms. The third-order valence-electron chi connectivity index (χ3n) is 4.40. The molecule has 1 N–H and O–H groups in total. The minimum atomic E-state index is -0.762. The van der Waals surface area contributed by atoms with Gasteiger partial charge < -0.3 is 9.84 Å². The van der Waals surface area contributed by atoms with Crippen LogP contribution in [-0.4, -0.2) is 27.2 Å². The number of benzene rings is 1. The Balaban J connectivity index is 0.000000643. The Morgan fingerprint density at radius 3 is 2.37 bits per heavy atom. The molecule has 1 aromatic carbocycles. The lowest BCUT2D eigenvalue weighted by Gasteiger charge is -2.32. The Bertz CT molecular complexity index is 848. The zero-order chi connectivity index (χ0) is 22.0. The van der Waals surface area contributed by atoms with Crippen LogP contribution < -0.4 is 5.56 Å². The van der Waals surface area contributed by atoms with Gasteiger partial charge in [-0.2, -0.15) is 0 Å². The summed E-state index contributed by atoms with van der Waals surface area (Å²) in [6, 6.07) is 10.3. The minimum absolute atomic E-state index is 0. The number of nitrogens with zero attached hydrogens (tertiary/aromatic N) is 2. The molecule has 0 radical (unpaired) electrons. The molecular weight excluding hydrogens is 448 g/mol. The van der Waals surface area contributed by atoms with Gasteiger partial charge in [-0.15, -0.1) is 0 Å². The van der Waals surface area contributed by atoms with Crippen molar-refractivity contribution in [3.8, 4) is 5.75 Å². The number of hydrogen-bond donors (Lipinski definition) is 1. The molecule has 1 aliphatic heterocycles. The average Bonchev–Trinajstić information content (AvgIpc) is 2.73. The lowest BCUT2D eigenvalue weighted by molar-refractivity contribution is 0.0513. The molecule has 0 saturated heterocycles. The number of carbonyl (C=O) groups excluding carboxylic acids is 1. The van der Waals surface area contributed by atoms with E-state index in [2.05, 4.69) is 33.0 Å². The van der Waals surface area contributed by atoms with Gasteiger partial charge in [-0.25, -0.2) is 9.78 Å². The van der Waals surface area contributed by atoms with Gasteiger partial charge in [0.25, 0.3) is 5.56 Å². The highest BCUT2D eigenvalue weighted by Crippen LogP contribution is 2.31. The van der Waals surface area contributed by atoms with Crippen LogP contribution in [0.1, 0.15) is 76.8 Å². The SMILES string of the molecule is BrCc1ccccc1.C.CC.CCOC(=O)c1nc2n(c(=O)c1O)CCCC2(C)C. The number of alkyl halides is 1. The van der Waals surface area contributed by atoms with Crippen LogP contribution in [0.2, 0.25) is 0 Å². The van der Waals surface area contributed by atoms with E-state index >= 15 is 0 Å². The van der Waals surface area contributed by atoms with Crippen LogP contribution in [0.4, 0.5) is 0 Å². The van der Waals surface area contributed by atoms with Gasteiger partial charge in [-0.3, -0.25) is 9.36 Å². The van der Waals surface area contributed by atoms with Crippen molar-refractivity contribution in [3.05, 3.63) is 57.8 Å². The quantitative estimate of drug-likeness (QED) is 0.465. The summed E-state index contributed by atoms with van der Waals surface area (Å²) in [4.78, 5) is 28.0. The van der Waals surface area contributed by atoms with Crippen LogP contribution in [0.3, 0.4) is 0 Å². The molecule has 0 saturated carbocycles. The van der Waals surface area contributed by atoms with Crippen LogP contribution in [0.15, 0.2) is 35.1 Å². The second-order valence-electron chi connectivity index (χ2n) is 6.92. The molecule has 3 rings (SSSR count). The second-order valence-corrected chi connectivity index (χ2v) is 7.48. The Labute approximate surface area is 188 Å². The summed E-state index contributed by atoms with van der Waals surface area (Å²) in [5.74, 6) is -0.855. The Hall–Kier alpha value is -2.15. The number of rotatable bonds is 3. The molecule has 168 valence electrons. The number of carbonyl (C=O) groups is 1. The first-order valence-electron chi connectivity index (χ1n) is 9.93. The van der Waals surface area contributed by atoms with Gasteiger partial charge in [-0.05, 0) is 25.3 Å². The fourth-order valence-corrected chi connectivity index (χ4v) is 3.34. The topological polar surface area (TPSA) is 81.4 Å². The maximum Gasteiger partial charge on any atom is 0.361 e. The number of fused-ring (bicyclic) bond motifs is 1. The van der Waals surface area contributed by atoms with Crippen molar-refractivity contribution in [2.75, 3.05) is 6.61 Å². The van der Waals surface area contributed by atoms with Crippen LogP contribution in [0.5, 0.6) is 5.75 Å². The van der Waals surface area contributed by atoms with Gasteiger partial charge in [0.1, 0.15) is 5.82 Å². The number of esters is 1.